The summed E-state index contributed by atoms with van der Waals surface area (Å²) in [5.41, 5.74) is 0.402. The SMILES string of the molecule is CC(C)CNC(=O)/C=C/c1cc(Br)ccc1OC(F)F. The Morgan fingerprint density at radius 3 is 2.75 bits per heavy atom. The lowest BCUT2D eigenvalue weighted by Crippen LogP contribution is -2.25. The molecule has 0 aliphatic carbocycles. The topological polar surface area (TPSA) is 38.3 Å². The van der Waals surface area contributed by atoms with Crippen LogP contribution in [-0.4, -0.2) is 19.1 Å². The minimum absolute atomic E-state index is 0.0242. The van der Waals surface area contributed by atoms with Crippen LogP contribution in [0.15, 0.2) is 28.7 Å². The summed E-state index contributed by atoms with van der Waals surface area (Å²) in [5, 5.41) is 2.70. The van der Waals surface area contributed by atoms with Crippen molar-refractivity contribution >= 4 is 27.9 Å². The van der Waals surface area contributed by atoms with E-state index in [9.17, 15) is 13.6 Å². The van der Waals surface area contributed by atoms with Crippen molar-refractivity contribution in [3.8, 4) is 5.75 Å². The van der Waals surface area contributed by atoms with E-state index in [2.05, 4.69) is 26.0 Å². The Hall–Kier alpha value is -1.43. The number of carbonyl (C=O) groups is 1. The fraction of sp³-hybridized carbons (Fsp3) is 0.357. The normalized spacial score (nSPS) is 11.3. The predicted molar refractivity (Wildman–Crippen MR) is 77.7 cm³/mol. The molecule has 20 heavy (non-hydrogen) atoms. The first kappa shape index (κ1) is 16.6. The van der Waals surface area contributed by atoms with Gasteiger partial charge in [-0.3, -0.25) is 4.79 Å². The van der Waals surface area contributed by atoms with Crippen LogP contribution in [0.4, 0.5) is 8.78 Å². The Morgan fingerprint density at radius 2 is 2.15 bits per heavy atom. The summed E-state index contributed by atoms with van der Waals surface area (Å²) in [6.07, 6.45) is 2.74. The van der Waals surface area contributed by atoms with Gasteiger partial charge in [-0.25, -0.2) is 0 Å². The van der Waals surface area contributed by atoms with E-state index in [1.165, 1.54) is 18.2 Å². The average Bonchev–Trinajstić information content (AvgIpc) is 2.36. The maximum absolute atomic E-state index is 12.3. The number of hydrogen-bond donors (Lipinski definition) is 1. The van der Waals surface area contributed by atoms with Crippen LogP contribution < -0.4 is 10.1 Å². The molecule has 1 aromatic carbocycles. The van der Waals surface area contributed by atoms with Crippen molar-refractivity contribution in [1.82, 2.24) is 5.32 Å². The van der Waals surface area contributed by atoms with E-state index in [4.69, 9.17) is 0 Å². The molecule has 0 unspecified atom stereocenters. The highest BCUT2D eigenvalue weighted by Crippen LogP contribution is 2.25. The van der Waals surface area contributed by atoms with Crippen LogP contribution in [0.1, 0.15) is 19.4 Å². The Bertz CT molecular complexity index is 490. The van der Waals surface area contributed by atoms with E-state index >= 15 is 0 Å². The number of benzene rings is 1. The molecule has 1 N–H and O–H groups in total. The number of alkyl halides is 2. The molecular formula is C14H16BrF2NO2. The Kier molecular flexibility index (Phi) is 6.64. The van der Waals surface area contributed by atoms with Crippen molar-refractivity contribution in [3.63, 3.8) is 0 Å². The van der Waals surface area contributed by atoms with Gasteiger partial charge in [-0.05, 0) is 30.2 Å². The summed E-state index contributed by atoms with van der Waals surface area (Å²) in [4.78, 5) is 11.5. The second-order valence-corrected chi connectivity index (χ2v) is 5.45. The third-order valence-corrected chi connectivity index (χ3v) is 2.78. The number of halogens is 3. The molecule has 0 fully saturated rings. The van der Waals surface area contributed by atoms with E-state index < -0.39 is 6.61 Å². The molecule has 0 spiro atoms. The van der Waals surface area contributed by atoms with Crippen LogP contribution >= 0.6 is 15.9 Å². The summed E-state index contributed by atoms with van der Waals surface area (Å²) in [7, 11) is 0. The van der Waals surface area contributed by atoms with Crippen LogP contribution in [0.5, 0.6) is 5.75 Å². The predicted octanol–water partition coefficient (Wildman–Crippen LogP) is 3.84. The Morgan fingerprint density at radius 1 is 1.45 bits per heavy atom. The molecule has 3 nitrogen and oxygen atoms in total. The van der Waals surface area contributed by atoms with E-state index in [1.54, 1.807) is 12.1 Å². The molecule has 1 amide bonds. The zero-order valence-corrected chi connectivity index (χ0v) is 12.8. The second-order valence-electron chi connectivity index (χ2n) is 4.53. The molecule has 0 aliphatic rings. The van der Waals surface area contributed by atoms with Gasteiger partial charge in [0.25, 0.3) is 0 Å². The van der Waals surface area contributed by atoms with Gasteiger partial charge in [0.15, 0.2) is 0 Å². The molecule has 0 radical (unpaired) electrons. The van der Waals surface area contributed by atoms with Crippen LogP contribution in [-0.2, 0) is 4.79 Å². The summed E-state index contributed by atoms with van der Waals surface area (Å²) in [5.74, 6) is 0.0914. The number of carbonyl (C=O) groups excluding carboxylic acids is 1. The molecule has 1 rings (SSSR count). The number of amides is 1. The molecule has 0 atom stereocenters. The van der Waals surface area contributed by atoms with Gasteiger partial charge in [0.2, 0.25) is 5.91 Å². The maximum atomic E-state index is 12.3. The fourth-order valence-corrected chi connectivity index (χ4v) is 1.76. The van der Waals surface area contributed by atoms with Gasteiger partial charge in [0.05, 0.1) is 0 Å². The fourth-order valence-electron chi connectivity index (χ4n) is 1.38. The quantitative estimate of drug-likeness (QED) is 0.794. The van der Waals surface area contributed by atoms with Gasteiger partial charge < -0.3 is 10.1 Å². The van der Waals surface area contributed by atoms with Gasteiger partial charge in [-0.1, -0.05) is 29.8 Å². The van der Waals surface area contributed by atoms with Crippen LogP contribution in [0, 0.1) is 5.92 Å². The van der Waals surface area contributed by atoms with Crippen molar-refractivity contribution < 1.29 is 18.3 Å². The number of rotatable bonds is 6. The van der Waals surface area contributed by atoms with Gasteiger partial charge in [0.1, 0.15) is 5.75 Å². The molecular weight excluding hydrogens is 332 g/mol. The molecule has 1 aromatic rings. The maximum Gasteiger partial charge on any atom is 0.387 e. The molecule has 0 aliphatic heterocycles. The highest BCUT2D eigenvalue weighted by atomic mass is 79.9. The molecule has 0 saturated carbocycles. The number of nitrogens with one attached hydrogen (secondary N) is 1. The largest absolute Gasteiger partial charge is 0.434 e. The van der Waals surface area contributed by atoms with Gasteiger partial charge >= 0.3 is 6.61 Å². The first-order valence-corrected chi connectivity index (χ1v) is 6.88. The van der Waals surface area contributed by atoms with Gasteiger partial charge in [0, 0.05) is 22.7 Å². The molecule has 6 heteroatoms. The van der Waals surface area contributed by atoms with E-state index in [0.29, 0.717) is 22.5 Å². The van der Waals surface area contributed by atoms with E-state index in [1.807, 2.05) is 13.8 Å². The molecule has 0 bridgehead atoms. The van der Waals surface area contributed by atoms with Crippen LogP contribution in [0.25, 0.3) is 6.08 Å². The van der Waals surface area contributed by atoms with Crippen molar-refractivity contribution in [3.05, 3.63) is 34.3 Å². The first-order valence-electron chi connectivity index (χ1n) is 6.08. The third kappa shape index (κ3) is 6.14. The monoisotopic (exact) mass is 347 g/mol. The summed E-state index contributed by atoms with van der Waals surface area (Å²) >= 11 is 3.24. The molecule has 0 saturated heterocycles. The lowest BCUT2D eigenvalue weighted by molar-refractivity contribution is -0.116. The lowest BCUT2D eigenvalue weighted by atomic mass is 10.2. The van der Waals surface area contributed by atoms with Crippen molar-refractivity contribution in [2.24, 2.45) is 5.92 Å². The Labute approximate surface area is 125 Å². The zero-order chi connectivity index (χ0) is 15.1. The molecule has 0 aromatic heterocycles. The molecule has 110 valence electrons. The van der Waals surface area contributed by atoms with Crippen LogP contribution in [0.2, 0.25) is 0 Å². The summed E-state index contributed by atoms with van der Waals surface area (Å²) in [6, 6.07) is 4.61. The minimum atomic E-state index is -2.90. The number of ether oxygens (including phenoxy) is 1. The minimum Gasteiger partial charge on any atom is -0.434 e. The zero-order valence-electron chi connectivity index (χ0n) is 11.2. The van der Waals surface area contributed by atoms with E-state index in [0.717, 1.165) is 0 Å². The van der Waals surface area contributed by atoms with Crippen molar-refractivity contribution in [1.29, 1.82) is 0 Å². The van der Waals surface area contributed by atoms with Crippen molar-refractivity contribution in [2.75, 3.05) is 6.54 Å². The third-order valence-electron chi connectivity index (χ3n) is 2.29. The molecule has 0 heterocycles. The smallest absolute Gasteiger partial charge is 0.387 e. The lowest BCUT2D eigenvalue weighted by Gasteiger charge is -2.08. The summed E-state index contributed by atoms with van der Waals surface area (Å²) in [6.45, 7) is 1.61. The highest BCUT2D eigenvalue weighted by Gasteiger charge is 2.08. The van der Waals surface area contributed by atoms with Gasteiger partial charge in [-0.2, -0.15) is 8.78 Å². The first-order chi connectivity index (χ1) is 9.38. The highest BCUT2D eigenvalue weighted by molar-refractivity contribution is 9.10. The summed E-state index contributed by atoms with van der Waals surface area (Å²) < 4.78 is 29.6. The van der Waals surface area contributed by atoms with Gasteiger partial charge in [-0.15, -0.1) is 0 Å². The standard InChI is InChI=1S/C14H16BrF2NO2/c1-9(2)8-18-13(19)6-3-10-7-11(15)4-5-12(10)20-14(16)17/h3-7,9,14H,8H2,1-2H3,(H,18,19)/b6-3+. The van der Waals surface area contributed by atoms with E-state index in [-0.39, 0.29) is 11.7 Å². The Balaban J connectivity index is 2.79. The average molecular weight is 348 g/mol. The van der Waals surface area contributed by atoms with Crippen LogP contribution in [0.3, 0.4) is 0 Å². The number of hydrogen-bond acceptors (Lipinski definition) is 2. The van der Waals surface area contributed by atoms with Crippen molar-refractivity contribution in [2.45, 2.75) is 20.5 Å². The second kappa shape index (κ2) is 7.99.